The Morgan fingerprint density at radius 1 is 1.47 bits per heavy atom. The van der Waals surface area contributed by atoms with E-state index in [1.54, 1.807) is 0 Å². The Morgan fingerprint density at radius 3 is 2.67 bits per heavy atom. The quantitative estimate of drug-likeness (QED) is 0.846. The molecule has 1 N–H and O–H groups in total. The third kappa shape index (κ3) is 3.16. The molecular weight excluding hydrogens is 213 g/mol. The van der Waals surface area contributed by atoms with Crippen molar-refractivity contribution < 1.29 is 27.8 Å². The van der Waals surface area contributed by atoms with Crippen LogP contribution in [0.2, 0.25) is 0 Å². The third-order valence-corrected chi connectivity index (χ3v) is 1.50. The highest BCUT2D eigenvalue weighted by Gasteiger charge is 2.31. The second-order valence-corrected chi connectivity index (χ2v) is 2.71. The zero-order chi connectivity index (χ0) is 11.5. The van der Waals surface area contributed by atoms with E-state index in [1.807, 2.05) is 0 Å². The summed E-state index contributed by atoms with van der Waals surface area (Å²) in [5.41, 5.74) is -0.206. The number of carboxylic acid groups (broad SMARTS) is 1. The van der Waals surface area contributed by atoms with Crippen molar-refractivity contribution in [3.05, 3.63) is 29.8 Å². The van der Waals surface area contributed by atoms with Crippen LogP contribution in [0.3, 0.4) is 0 Å². The van der Waals surface area contributed by atoms with Gasteiger partial charge in [-0.3, -0.25) is 0 Å². The Labute approximate surface area is 83.1 Å². The largest absolute Gasteiger partial charge is 0.478 e. The summed E-state index contributed by atoms with van der Waals surface area (Å²) in [5, 5.41) is 8.55. The number of hydrogen-bond acceptors (Lipinski definition) is 2. The van der Waals surface area contributed by atoms with Crippen molar-refractivity contribution in [2.24, 2.45) is 0 Å². The number of ether oxygens (including phenoxy) is 1. The van der Waals surface area contributed by atoms with E-state index in [1.165, 1.54) is 12.1 Å². The molecule has 0 heterocycles. The Bertz CT molecular complexity index is 365. The van der Waals surface area contributed by atoms with Crippen molar-refractivity contribution in [1.82, 2.24) is 0 Å². The molecule has 0 atom stereocenters. The van der Waals surface area contributed by atoms with Gasteiger partial charge in [-0.1, -0.05) is 6.07 Å². The molecule has 82 valence electrons. The summed E-state index contributed by atoms with van der Waals surface area (Å²) in [4.78, 5) is 10.5. The summed E-state index contributed by atoms with van der Waals surface area (Å²) in [7, 11) is 0. The normalized spacial score (nSPS) is 11.1. The van der Waals surface area contributed by atoms with Gasteiger partial charge in [0.15, 0.2) is 6.67 Å². The molecule has 0 aliphatic rings. The highest BCUT2D eigenvalue weighted by molar-refractivity contribution is 5.87. The highest BCUT2D eigenvalue weighted by atomic mass is 19.3. The molecule has 0 aliphatic carbocycles. The van der Waals surface area contributed by atoms with Gasteiger partial charge in [0, 0.05) is 0 Å². The maximum Gasteiger partial charge on any atom is 0.427 e. The number of alkyl halides is 3. The van der Waals surface area contributed by atoms with Gasteiger partial charge in [-0.25, -0.2) is 9.18 Å². The molecule has 1 aromatic carbocycles. The first-order valence-corrected chi connectivity index (χ1v) is 3.91. The lowest BCUT2D eigenvalue weighted by Crippen LogP contribution is -2.27. The minimum absolute atomic E-state index is 0.206. The maximum atomic E-state index is 12.4. The van der Waals surface area contributed by atoms with E-state index >= 15 is 0 Å². The van der Waals surface area contributed by atoms with Crippen LogP contribution in [0.1, 0.15) is 10.4 Å². The fourth-order valence-electron chi connectivity index (χ4n) is 0.892. The number of aromatic carboxylic acids is 1. The minimum Gasteiger partial charge on any atom is -0.478 e. The van der Waals surface area contributed by atoms with Crippen LogP contribution in [0, 0.1) is 0 Å². The van der Waals surface area contributed by atoms with Crippen LogP contribution in [0.5, 0.6) is 5.75 Å². The molecule has 1 aromatic rings. The SMILES string of the molecule is O=C(O)c1cccc(OC(F)(F)CF)c1. The van der Waals surface area contributed by atoms with Gasteiger partial charge in [-0.15, -0.1) is 0 Å². The van der Waals surface area contributed by atoms with Crippen molar-refractivity contribution >= 4 is 5.97 Å². The average Bonchev–Trinajstić information content (AvgIpc) is 2.17. The maximum absolute atomic E-state index is 12.4. The highest BCUT2D eigenvalue weighted by Crippen LogP contribution is 2.22. The van der Waals surface area contributed by atoms with Crippen molar-refractivity contribution in [2.75, 3.05) is 6.67 Å². The van der Waals surface area contributed by atoms with E-state index in [4.69, 9.17) is 5.11 Å². The number of benzene rings is 1. The summed E-state index contributed by atoms with van der Waals surface area (Å²) >= 11 is 0. The van der Waals surface area contributed by atoms with Crippen molar-refractivity contribution in [1.29, 1.82) is 0 Å². The molecule has 0 amide bonds. The number of hydrogen-bond donors (Lipinski definition) is 1. The summed E-state index contributed by atoms with van der Waals surface area (Å²) in [5.74, 6) is -1.67. The lowest BCUT2D eigenvalue weighted by Gasteiger charge is -2.14. The summed E-state index contributed by atoms with van der Waals surface area (Å²) in [6, 6.07) is 4.46. The van der Waals surface area contributed by atoms with Gasteiger partial charge < -0.3 is 9.84 Å². The molecule has 0 bridgehead atoms. The molecule has 0 saturated carbocycles. The van der Waals surface area contributed by atoms with Crippen LogP contribution in [0.25, 0.3) is 0 Å². The monoisotopic (exact) mass is 220 g/mol. The smallest absolute Gasteiger partial charge is 0.427 e. The zero-order valence-corrected chi connectivity index (χ0v) is 7.41. The van der Waals surface area contributed by atoms with Crippen LogP contribution in [-0.4, -0.2) is 23.9 Å². The molecule has 0 aromatic heterocycles. The molecule has 15 heavy (non-hydrogen) atoms. The first-order chi connectivity index (χ1) is 6.94. The molecule has 3 nitrogen and oxygen atoms in total. The Balaban J connectivity index is 2.87. The predicted molar refractivity (Wildman–Crippen MR) is 45.0 cm³/mol. The average molecular weight is 220 g/mol. The number of halogens is 3. The van der Waals surface area contributed by atoms with Crippen LogP contribution in [0.4, 0.5) is 13.2 Å². The predicted octanol–water partition coefficient (Wildman–Crippen LogP) is 2.33. The van der Waals surface area contributed by atoms with Gasteiger partial charge in [-0.2, -0.15) is 8.78 Å². The Kier molecular flexibility index (Phi) is 3.18. The van der Waals surface area contributed by atoms with Gasteiger partial charge >= 0.3 is 12.1 Å². The molecule has 1 rings (SSSR count). The standard InChI is InChI=1S/C9H7F3O3/c10-5-9(11,12)15-7-3-1-2-6(4-7)8(13)14/h1-4H,5H2,(H,13,14). The second-order valence-electron chi connectivity index (χ2n) is 2.71. The van der Waals surface area contributed by atoms with Crippen LogP contribution >= 0.6 is 0 Å². The number of rotatable bonds is 4. The van der Waals surface area contributed by atoms with Gasteiger partial charge in [0.2, 0.25) is 0 Å². The van der Waals surface area contributed by atoms with Crippen molar-refractivity contribution in [2.45, 2.75) is 6.11 Å². The first-order valence-electron chi connectivity index (χ1n) is 3.91. The van der Waals surface area contributed by atoms with Crippen LogP contribution in [-0.2, 0) is 0 Å². The van der Waals surface area contributed by atoms with Crippen molar-refractivity contribution in [3.8, 4) is 5.75 Å². The van der Waals surface area contributed by atoms with E-state index in [0.29, 0.717) is 0 Å². The minimum atomic E-state index is -3.93. The van der Waals surface area contributed by atoms with Crippen molar-refractivity contribution in [3.63, 3.8) is 0 Å². The first kappa shape index (κ1) is 11.4. The molecule has 0 fully saturated rings. The topological polar surface area (TPSA) is 46.5 Å². The summed E-state index contributed by atoms with van der Waals surface area (Å²) < 4.78 is 40.5. The fourth-order valence-corrected chi connectivity index (χ4v) is 0.892. The molecule has 6 heteroatoms. The lowest BCUT2D eigenvalue weighted by atomic mass is 10.2. The molecule has 0 saturated heterocycles. The molecule has 0 spiro atoms. The molecule has 0 unspecified atom stereocenters. The van der Waals surface area contributed by atoms with Gasteiger partial charge in [-0.05, 0) is 18.2 Å². The van der Waals surface area contributed by atoms with Crippen LogP contribution < -0.4 is 4.74 Å². The van der Waals surface area contributed by atoms with Gasteiger partial charge in [0.1, 0.15) is 5.75 Å². The second kappa shape index (κ2) is 4.20. The van der Waals surface area contributed by atoms with Gasteiger partial charge in [0.25, 0.3) is 0 Å². The summed E-state index contributed by atoms with van der Waals surface area (Å²) in [6.07, 6.45) is -3.93. The molecule has 0 aliphatic heterocycles. The van der Waals surface area contributed by atoms with E-state index < -0.39 is 24.5 Å². The molecule has 0 radical (unpaired) electrons. The Morgan fingerprint density at radius 2 is 2.13 bits per heavy atom. The van der Waals surface area contributed by atoms with E-state index in [0.717, 1.165) is 12.1 Å². The van der Waals surface area contributed by atoms with Crippen LogP contribution in [0.15, 0.2) is 24.3 Å². The lowest BCUT2D eigenvalue weighted by molar-refractivity contribution is -0.186. The number of carboxylic acids is 1. The third-order valence-electron chi connectivity index (χ3n) is 1.50. The summed E-state index contributed by atoms with van der Waals surface area (Å²) in [6.45, 7) is -1.97. The fraction of sp³-hybridized carbons (Fsp3) is 0.222. The zero-order valence-electron chi connectivity index (χ0n) is 7.41. The number of carbonyl (C=O) groups is 1. The molecular formula is C9H7F3O3. The van der Waals surface area contributed by atoms with E-state index in [2.05, 4.69) is 4.74 Å². The van der Waals surface area contributed by atoms with Gasteiger partial charge in [0.05, 0.1) is 5.56 Å². The Hall–Kier alpha value is -1.72. The van der Waals surface area contributed by atoms with E-state index in [-0.39, 0.29) is 5.56 Å². The van der Waals surface area contributed by atoms with E-state index in [9.17, 15) is 18.0 Å².